The third-order valence-corrected chi connectivity index (χ3v) is 3.39. The van der Waals surface area contributed by atoms with Gasteiger partial charge in [-0.2, -0.15) is 0 Å². The van der Waals surface area contributed by atoms with Crippen LogP contribution < -0.4 is 17.2 Å². The third-order valence-electron chi connectivity index (χ3n) is 2.18. The molecule has 0 spiro atoms. The van der Waals surface area contributed by atoms with Crippen LogP contribution in [0.25, 0.3) is 10.4 Å². The molecule has 0 aliphatic rings. The van der Waals surface area contributed by atoms with Crippen molar-refractivity contribution >= 4 is 28.6 Å². The molecule has 0 atom stereocenters. The maximum Gasteiger partial charge on any atom is 0.260 e. The number of carbonyl (C=O) groups excluding carboxylic acids is 1. The summed E-state index contributed by atoms with van der Waals surface area (Å²) in [4.78, 5) is 12.4. The molecule has 0 unspecified atom stereocenters. The summed E-state index contributed by atoms with van der Waals surface area (Å²) in [5.74, 6) is -0.496. The molecule has 1 heterocycles. The molecule has 2 aromatic rings. The van der Waals surface area contributed by atoms with Crippen LogP contribution in [-0.2, 0) is 0 Å². The van der Waals surface area contributed by atoms with Gasteiger partial charge in [0.2, 0.25) is 0 Å². The lowest BCUT2D eigenvalue weighted by molar-refractivity contribution is 0.100. The van der Waals surface area contributed by atoms with Crippen molar-refractivity contribution in [2.45, 2.75) is 0 Å². The fourth-order valence-corrected chi connectivity index (χ4v) is 2.32. The van der Waals surface area contributed by atoms with Crippen LogP contribution in [0.3, 0.4) is 0 Å². The summed E-state index contributed by atoms with van der Waals surface area (Å²) >= 11 is 1.29. The number of primary amides is 1. The van der Waals surface area contributed by atoms with Crippen molar-refractivity contribution in [2.75, 3.05) is 11.5 Å². The Balaban J connectivity index is 2.45. The number of hydrogen-bond acceptors (Lipinski definition) is 4. The molecular weight excluding hydrogens is 222 g/mol. The highest BCUT2D eigenvalue weighted by atomic mass is 32.1. The van der Waals surface area contributed by atoms with E-state index in [1.807, 2.05) is 12.1 Å². The Bertz CT molecular complexity index is 531. The first-order valence-corrected chi connectivity index (χ1v) is 5.44. The van der Waals surface area contributed by atoms with E-state index in [9.17, 15) is 4.79 Å². The van der Waals surface area contributed by atoms with Crippen LogP contribution in [0.2, 0.25) is 0 Å². The number of amides is 1. The van der Waals surface area contributed by atoms with E-state index in [1.165, 1.54) is 11.3 Å². The van der Waals surface area contributed by atoms with Crippen LogP contribution in [0.4, 0.5) is 11.4 Å². The maximum atomic E-state index is 11.1. The zero-order valence-electron chi connectivity index (χ0n) is 8.44. The molecule has 0 bridgehead atoms. The average molecular weight is 233 g/mol. The first kappa shape index (κ1) is 10.5. The van der Waals surface area contributed by atoms with Gasteiger partial charge in [-0.1, -0.05) is 12.1 Å². The minimum atomic E-state index is -0.496. The van der Waals surface area contributed by atoms with Gasteiger partial charge in [-0.3, -0.25) is 4.79 Å². The molecule has 2 rings (SSSR count). The Hall–Kier alpha value is -2.01. The van der Waals surface area contributed by atoms with Crippen molar-refractivity contribution < 1.29 is 4.79 Å². The van der Waals surface area contributed by atoms with Crippen molar-refractivity contribution in [3.05, 3.63) is 35.2 Å². The monoisotopic (exact) mass is 233 g/mol. The largest absolute Gasteiger partial charge is 0.399 e. The van der Waals surface area contributed by atoms with Gasteiger partial charge in [-0.25, -0.2) is 0 Å². The smallest absolute Gasteiger partial charge is 0.260 e. The van der Waals surface area contributed by atoms with Gasteiger partial charge in [0, 0.05) is 10.6 Å². The van der Waals surface area contributed by atoms with Gasteiger partial charge in [0.05, 0.1) is 5.69 Å². The number of benzene rings is 1. The predicted octanol–water partition coefficient (Wildman–Crippen LogP) is 1.68. The van der Waals surface area contributed by atoms with Crippen molar-refractivity contribution in [2.24, 2.45) is 5.73 Å². The molecule has 0 radical (unpaired) electrons. The van der Waals surface area contributed by atoms with E-state index in [0.29, 0.717) is 16.3 Å². The lowest BCUT2D eigenvalue weighted by Crippen LogP contribution is -2.10. The molecule has 0 aliphatic carbocycles. The molecule has 1 aromatic carbocycles. The average Bonchev–Trinajstić information content (AvgIpc) is 2.61. The van der Waals surface area contributed by atoms with Crippen molar-refractivity contribution in [1.29, 1.82) is 0 Å². The van der Waals surface area contributed by atoms with Crippen molar-refractivity contribution in [1.82, 2.24) is 0 Å². The van der Waals surface area contributed by atoms with E-state index in [-0.39, 0.29) is 0 Å². The van der Waals surface area contributed by atoms with E-state index < -0.39 is 5.91 Å². The van der Waals surface area contributed by atoms with Gasteiger partial charge in [0.25, 0.3) is 5.91 Å². The first-order valence-electron chi connectivity index (χ1n) is 4.63. The summed E-state index contributed by atoms with van der Waals surface area (Å²) in [6.07, 6.45) is 0. The van der Waals surface area contributed by atoms with E-state index >= 15 is 0 Å². The van der Waals surface area contributed by atoms with Crippen molar-refractivity contribution in [3.63, 3.8) is 0 Å². The van der Waals surface area contributed by atoms with Crippen LogP contribution in [0.5, 0.6) is 0 Å². The zero-order valence-corrected chi connectivity index (χ0v) is 9.25. The first-order chi connectivity index (χ1) is 7.58. The Morgan fingerprint density at radius 3 is 2.25 bits per heavy atom. The molecule has 1 amide bonds. The number of anilines is 2. The Morgan fingerprint density at radius 1 is 1.12 bits per heavy atom. The van der Waals surface area contributed by atoms with Gasteiger partial charge < -0.3 is 17.2 Å². The van der Waals surface area contributed by atoms with Gasteiger partial charge in [0.1, 0.15) is 4.88 Å². The van der Waals surface area contributed by atoms with Gasteiger partial charge in [-0.15, -0.1) is 11.3 Å². The number of carbonyl (C=O) groups is 1. The van der Waals surface area contributed by atoms with Gasteiger partial charge >= 0.3 is 0 Å². The minimum Gasteiger partial charge on any atom is -0.399 e. The molecule has 16 heavy (non-hydrogen) atoms. The fourth-order valence-electron chi connectivity index (χ4n) is 1.39. The highest BCUT2D eigenvalue weighted by Crippen LogP contribution is 2.33. The van der Waals surface area contributed by atoms with E-state index in [4.69, 9.17) is 17.2 Å². The molecule has 0 saturated carbocycles. The van der Waals surface area contributed by atoms with Crippen LogP contribution in [0, 0.1) is 0 Å². The molecular formula is C11H11N3OS. The number of hydrogen-bond donors (Lipinski definition) is 3. The normalized spacial score (nSPS) is 10.2. The number of nitrogens with two attached hydrogens (primary N) is 3. The summed E-state index contributed by atoms with van der Waals surface area (Å²) in [6.45, 7) is 0. The summed E-state index contributed by atoms with van der Waals surface area (Å²) in [5.41, 5.74) is 18.6. The topological polar surface area (TPSA) is 95.1 Å². The molecule has 82 valence electrons. The number of nitrogen functional groups attached to an aromatic ring is 2. The van der Waals surface area contributed by atoms with E-state index in [0.717, 1.165) is 10.4 Å². The lowest BCUT2D eigenvalue weighted by atomic mass is 10.1. The SMILES string of the molecule is NC(=O)c1sc(-c2ccc(N)cc2)cc1N. The van der Waals surface area contributed by atoms with E-state index in [1.54, 1.807) is 18.2 Å². The predicted molar refractivity (Wildman–Crippen MR) is 67.1 cm³/mol. The van der Waals surface area contributed by atoms with Crippen LogP contribution in [0.1, 0.15) is 9.67 Å². The molecule has 5 heteroatoms. The van der Waals surface area contributed by atoms with Gasteiger partial charge in [-0.05, 0) is 23.8 Å². The molecule has 0 saturated heterocycles. The molecule has 4 nitrogen and oxygen atoms in total. The summed E-state index contributed by atoms with van der Waals surface area (Å²) < 4.78 is 0. The second-order valence-corrected chi connectivity index (χ2v) is 4.43. The molecule has 6 N–H and O–H groups in total. The number of thiophene rings is 1. The molecule has 0 aliphatic heterocycles. The maximum absolute atomic E-state index is 11.1. The summed E-state index contributed by atoms with van der Waals surface area (Å²) in [7, 11) is 0. The lowest BCUT2D eigenvalue weighted by Gasteiger charge is -1.97. The molecule has 1 aromatic heterocycles. The Labute approximate surface area is 96.7 Å². The van der Waals surface area contributed by atoms with Crippen LogP contribution in [0.15, 0.2) is 30.3 Å². The zero-order chi connectivity index (χ0) is 11.7. The standard InChI is InChI=1S/C11H11N3OS/c12-7-3-1-6(2-4-7)9-5-8(13)10(16-9)11(14)15/h1-5H,12-13H2,(H2,14,15). The summed E-state index contributed by atoms with van der Waals surface area (Å²) in [6, 6.07) is 9.11. The minimum absolute atomic E-state index is 0.395. The Kier molecular flexibility index (Phi) is 2.54. The highest BCUT2D eigenvalue weighted by molar-refractivity contribution is 7.18. The second-order valence-electron chi connectivity index (χ2n) is 3.38. The quantitative estimate of drug-likeness (QED) is 0.688. The highest BCUT2D eigenvalue weighted by Gasteiger charge is 2.12. The van der Waals surface area contributed by atoms with Crippen LogP contribution >= 0.6 is 11.3 Å². The van der Waals surface area contributed by atoms with Crippen LogP contribution in [-0.4, -0.2) is 5.91 Å². The number of rotatable bonds is 2. The van der Waals surface area contributed by atoms with Crippen molar-refractivity contribution in [3.8, 4) is 10.4 Å². The fraction of sp³-hybridized carbons (Fsp3) is 0. The van der Waals surface area contributed by atoms with Gasteiger partial charge in [0.15, 0.2) is 0 Å². The molecule has 0 fully saturated rings. The Morgan fingerprint density at radius 2 is 1.75 bits per heavy atom. The van der Waals surface area contributed by atoms with E-state index in [2.05, 4.69) is 0 Å². The summed E-state index contributed by atoms with van der Waals surface area (Å²) in [5, 5.41) is 0. The third kappa shape index (κ3) is 1.85. The second kappa shape index (κ2) is 3.86.